The van der Waals surface area contributed by atoms with Crippen LogP contribution in [0.25, 0.3) is 0 Å². The number of amides is 2. The van der Waals surface area contributed by atoms with Crippen LogP contribution in [0.4, 0.5) is 4.39 Å². The predicted octanol–water partition coefficient (Wildman–Crippen LogP) is 4.87. The second-order valence-corrected chi connectivity index (χ2v) is 10.5. The molecule has 2 aromatic rings. The van der Waals surface area contributed by atoms with Gasteiger partial charge >= 0.3 is 0 Å². The highest BCUT2D eigenvalue weighted by molar-refractivity contribution is 6.31. The number of benzene rings is 2. The molecule has 2 N–H and O–H groups in total. The Hall–Kier alpha value is -2.84. The average Bonchev–Trinajstić information content (AvgIpc) is 3.36. The molecule has 0 saturated heterocycles. The Balaban J connectivity index is 0.000000197. The van der Waals surface area contributed by atoms with Gasteiger partial charge < -0.3 is 20.1 Å². The van der Waals surface area contributed by atoms with Crippen molar-refractivity contribution < 1.29 is 28.2 Å². The third-order valence-electron chi connectivity index (χ3n) is 6.91. The quantitative estimate of drug-likeness (QED) is 0.513. The van der Waals surface area contributed by atoms with Crippen LogP contribution < -0.4 is 20.1 Å². The van der Waals surface area contributed by atoms with Crippen LogP contribution in [0.3, 0.4) is 0 Å². The summed E-state index contributed by atoms with van der Waals surface area (Å²) >= 11 is 11.4. The van der Waals surface area contributed by atoms with Gasteiger partial charge in [-0.3, -0.25) is 14.4 Å². The zero-order valence-electron chi connectivity index (χ0n) is 19.7. The lowest BCUT2D eigenvalue weighted by Gasteiger charge is -2.28. The van der Waals surface area contributed by atoms with Crippen LogP contribution in [0.1, 0.15) is 55.8 Å². The van der Waals surface area contributed by atoms with Gasteiger partial charge in [-0.05, 0) is 69.4 Å². The summed E-state index contributed by atoms with van der Waals surface area (Å²) < 4.78 is 24.1. The van der Waals surface area contributed by atoms with E-state index >= 15 is 0 Å². The number of ether oxygens (including phenoxy) is 2. The summed E-state index contributed by atoms with van der Waals surface area (Å²) in [6, 6.07) is 9.18. The van der Waals surface area contributed by atoms with E-state index in [1.807, 2.05) is 6.92 Å². The van der Waals surface area contributed by atoms with Gasteiger partial charge in [0.1, 0.15) is 23.4 Å². The molecule has 0 spiro atoms. The molecule has 7 nitrogen and oxygen atoms in total. The average molecular weight is 537 g/mol. The van der Waals surface area contributed by atoms with E-state index in [1.165, 1.54) is 12.1 Å². The number of halogens is 3. The van der Waals surface area contributed by atoms with Gasteiger partial charge in [-0.15, -0.1) is 0 Å². The number of hydrogen-bond donors (Lipinski definition) is 2. The Morgan fingerprint density at radius 3 is 2.58 bits per heavy atom. The van der Waals surface area contributed by atoms with Gasteiger partial charge in [0.05, 0.1) is 10.6 Å². The minimum atomic E-state index is -0.584. The molecule has 1 heterocycles. The first kappa shape index (κ1) is 26.2. The molecule has 1 atom stereocenters. The highest BCUT2D eigenvalue weighted by Gasteiger charge is 2.54. The fraction of sp³-hybridized carbons (Fsp3) is 0.423. The summed E-state index contributed by atoms with van der Waals surface area (Å²) in [7, 11) is 0. The first-order chi connectivity index (χ1) is 17.1. The summed E-state index contributed by atoms with van der Waals surface area (Å²) in [5.41, 5.74) is 0.169. The highest BCUT2D eigenvalue weighted by Crippen LogP contribution is 2.50. The van der Waals surface area contributed by atoms with Crippen molar-refractivity contribution in [3.8, 4) is 11.5 Å². The van der Waals surface area contributed by atoms with Crippen LogP contribution in [-0.2, 0) is 9.59 Å². The van der Waals surface area contributed by atoms with Gasteiger partial charge in [-0.1, -0.05) is 23.2 Å². The molecule has 0 radical (unpaired) electrons. The van der Waals surface area contributed by atoms with Crippen molar-refractivity contribution >= 4 is 41.3 Å². The van der Waals surface area contributed by atoms with Crippen LogP contribution in [0.15, 0.2) is 36.4 Å². The number of Topliss-reactive ketones (excluding diaryl/α,β-unsaturated/α-hetero) is 1. The van der Waals surface area contributed by atoms with Crippen molar-refractivity contribution in [2.75, 3.05) is 6.61 Å². The Morgan fingerprint density at radius 2 is 1.89 bits per heavy atom. The van der Waals surface area contributed by atoms with Gasteiger partial charge in [0, 0.05) is 28.6 Å². The second-order valence-electron chi connectivity index (χ2n) is 9.61. The van der Waals surface area contributed by atoms with Crippen LogP contribution >= 0.6 is 23.2 Å². The van der Waals surface area contributed by atoms with Gasteiger partial charge in [0.25, 0.3) is 5.91 Å². The second kappa shape index (κ2) is 10.6. The Bertz CT molecular complexity index is 1170. The van der Waals surface area contributed by atoms with E-state index in [0.29, 0.717) is 22.8 Å². The number of fused-ring (bicyclic) bond motifs is 3. The smallest absolute Gasteiger partial charge is 0.258 e. The third-order valence-corrected chi connectivity index (χ3v) is 7.46. The zero-order valence-corrected chi connectivity index (χ0v) is 21.3. The lowest BCUT2D eigenvalue weighted by molar-refractivity contribution is -0.125. The summed E-state index contributed by atoms with van der Waals surface area (Å²) in [6.07, 6.45) is 5.32. The van der Waals surface area contributed by atoms with Crippen LogP contribution in [-0.4, -0.2) is 41.9 Å². The standard InChI is InChI=1S/C16H18ClFN2O3.C10H9ClO2/c17-12-2-1-11(7-13(12)18)23-8-14(22)20-16-5-3-15(9-16,4-6-16)19-10-21;1-6-4-9(12)8-5-7(11)2-3-10(8)13-6/h1-2,7,10H,3-6,8-9H2,(H,19,21)(H,20,22);2-3,5-6H,4H2,1H3. The highest BCUT2D eigenvalue weighted by atomic mass is 35.5. The van der Waals surface area contributed by atoms with Crippen molar-refractivity contribution in [1.82, 2.24) is 10.6 Å². The minimum absolute atomic E-state index is 0.0108. The first-order valence-corrected chi connectivity index (χ1v) is 12.5. The summed E-state index contributed by atoms with van der Waals surface area (Å²) in [5, 5.41) is 6.51. The summed E-state index contributed by atoms with van der Waals surface area (Å²) in [4.78, 5) is 34.4. The maximum atomic E-state index is 13.3. The van der Waals surface area contributed by atoms with Crippen molar-refractivity contribution in [2.45, 2.75) is 62.6 Å². The monoisotopic (exact) mass is 536 g/mol. The molecule has 1 aliphatic heterocycles. The summed E-state index contributed by atoms with van der Waals surface area (Å²) in [6.45, 7) is 1.70. The molecule has 3 aliphatic rings. The largest absolute Gasteiger partial charge is 0.489 e. The maximum absolute atomic E-state index is 13.3. The SMILES string of the molecule is CC1CC(=O)c2cc(Cl)ccc2O1.O=CNC12CCC(NC(=O)COc3ccc(Cl)c(F)c3)(CC1)C2. The molecule has 2 amide bonds. The van der Waals surface area contributed by atoms with E-state index in [2.05, 4.69) is 10.6 Å². The van der Waals surface area contributed by atoms with Gasteiger partial charge in [0.15, 0.2) is 12.4 Å². The summed E-state index contributed by atoms with van der Waals surface area (Å²) in [5.74, 6) is 0.183. The third kappa shape index (κ3) is 5.93. The number of hydrogen-bond acceptors (Lipinski definition) is 5. The molecule has 2 fully saturated rings. The van der Waals surface area contributed by atoms with Crippen LogP contribution in [0.2, 0.25) is 10.0 Å². The fourth-order valence-electron chi connectivity index (χ4n) is 5.20. The van der Waals surface area contributed by atoms with E-state index in [4.69, 9.17) is 32.7 Å². The normalized spacial score (nSPS) is 25.7. The van der Waals surface area contributed by atoms with Crippen molar-refractivity contribution in [3.63, 3.8) is 0 Å². The van der Waals surface area contributed by atoms with Gasteiger partial charge in [0.2, 0.25) is 6.41 Å². The van der Waals surface area contributed by atoms with Gasteiger partial charge in [-0.2, -0.15) is 0 Å². The van der Waals surface area contributed by atoms with E-state index < -0.39 is 5.82 Å². The number of carbonyl (C=O) groups is 3. The molecular formula is C26H27Cl2FN2O5. The first-order valence-electron chi connectivity index (χ1n) is 11.7. The lowest BCUT2D eigenvalue weighted by Crippen LogP contribution is -2.47. The zero-order chi connectivity index (χ0) is 25.9. The van der Waals surface area contributed by atoms with Crippen LogP contribution in [0, 0.1) is 5.82 Å². The number of carbonyl (C=O) groups excluding carboxylic acids is 3. The Morgan fingerprint density at radius 1 is 1.17 bits per heavy atom. The molecule has 36 heavy (non-hydrogen) atoms. The van der Waals surface area contributed by atoms with E-state index in [9.17, 15) is 18.8 Å². The molecule has 1 unspecified atom stereocenters. The maximum Gasteiger partial charge on any atom is 0.258 e. The predicted molar refractivity (Wildman–Crippen MR) is 133 cm³/mol. The van der Waals surface area contributed by atoms with E-state index in [1.54, 1.807) is 18.2 Å². The molecule has 2 saturated carbocycles. The number of nitrogens with one attached hydrogen (secondary N) is 2. The topological polar surface area (TPSA) is 93.7 Å². The molecule has 192 valence electrons. The number of ketones is 1. The molecular weight excluding hydrogens is 510 g/mol. The number of rotatable bonds is 6. The minimum Gasteiger partial charge on any atom is -0.489 e. The van der Waals surface area contributed by atoms with Crippen molar-refractivity contribution in [2.24, 2.45) is 0 Å². The molecule has 5 rings (SSSR count). The molecule has 10 heteroatoms. The van der Waals surface area contributed by atoms with E-state index in [0.717, 1.165) is 44.6 Å². The lowest BCUT2D eigenvalue weighted by atomic mass is 9.91. The molecule has 2 bridgehead atoms. The van der Waals surface area contributed by atoms with Crippen molar-refractivity contribution in [1.29, 1.82) is 0 Å². The molecule has 2 aromatic carbocycles. The Kier molecular flexibility index (Phi) is 7.76. The Labute approximate surface area is 218 Å². The molecule has 0 aromatic heterocycles. The van der Waals surface area contributed by atoms with Crippen molar-refractivity contribution in [3.05, 3.63) is 57.8 Å². The molecule has 2 aliphatic carbocycles. The fourth-order valence-corrected chi connectivity index (χ4v) is 5.49. The van der Waals surface area contributed by atoms with E-state index in [-0.39, 0.29) is 46.3 Å². The van der Waals surface area contributed by atoms with Crippen LogP contribution in [0.5, 0.6) is 11.5 Å². The van der Waals surface area contributed by atoms with Gasteiger partial charge in [-0.25, -0.2) is 4.39 Å².